The van der Waals surface area contributed by atoms with Crippen LogP contribution in [0.25, 0.3) is 0 Å². The number of aromatic hydroxyl groups is 1. The van der Waals surface area contributed by atoms with E-state index in [-0.39, 0.29) is 37.5 Å². The van der Waals surface area contributed by atoms with Crippen molar-refractivity contribution in [1.82, 2.24) is 20.9 Å². The molecule has 3 amide bonds. The normalized spacial score (nSPS) is 12.3. The zero-order valence-corrected chi connectivity index (χ0v) is 27.7. The van der Waals surface area contributed by atoms with E-state index in [1.54, 1.807) is 38.2 Å². The Hall–Kier alpha value is -5.51. The Balaban J connectivity index is 0.00000247. The number of nitrogens with two attached hydrogens (primary N) is 1. The van der Waals surface area contributed by atoms with Crippen LogP contribution >= 0.6 is 0 Å². The van der Waals surface area contributed by atoms with Crippen molar-refractivity contribution in [2.75, 3.05) is 27.2 Å². The molecule has 0 heterocycles. The first-order chi connectivity index (χ1) is 22.5. The van der Waals surface area contributed by atoms with Crippen LogP contribution in [0.4, 0.5) is 0 Å². The minimum atomic E-state index is -1.14. The van der Waals surface area contributed by atoms with Crippen LogP contribution in [-0.2, 0) is 41.6 Å². The number of phenols is 1. The Morgan fingerprint density at radius 1 is 0.771 bits per heavy atom. The van der Waals surface area contributed by atoms with Gasteiger partial charge in [0.25, 0.3) is 11.9 Å². The van der Waals surface area contributed by atoms with Gasteiger partial charge in [0.15, 0.2) is 0 Å². The molecule has 2 rings (SSSR count). The highest BCUT2D eigenvalue weighted by molar-refractivity contribution is 5.93. The molecule has 48 heavy (non-hydrogen) atoms. The molecule has 0 radical (unpaired) electrons. The van der Waals surface area contributed by atoms with E-state index in [4.69, 9.17) is 30.6 Å². The Bertz CT molecular complexity index is 1350. The number of aliphatic imine (C=N–C) groups is 1. The number of carboxylic acids is 3. The number of aliphatic carboxylic acids is 3. The van der Waals surface area contributed by atoms with Crippen LogP contribution in [0.5, 0.6) is 5.75 Å². The fourth-order valence-electron chi connectivity index (χ4n) is 3.86. The molecule has 2 aromatic carbocycles. The van der Waals surface area contributed by atoms with Gasteiger partial charge in [-0.2, -0.15) is 0 Å². The number of benzene rings is 2. The van der Waals surface area contributed by atoms with Crippen LogP contribution in [0, 0.1) is 0 Å². The molecule has 16 nitrogen and oxygen atoms in total. The Morgan fingerprint density at radius 3 is 1.71 bits per heavy atom. The van der Waals surface area contributed by atoms with E-state index in [1.165, 1.54) is 24.1 Å². The molecule has 0 aromatic heterocycles. The molecule has 0 unspecified atom stereocenters. The zero-order chi connectivity index (χ0) is 36.8. The minimum Gasteiger partial charge on any atom is -0.508 e. The number of carbonyl (C=O) groups excluding carboxylic acids is 3. The van der Waals surface area contributed by atoms with E-state index in [1.807, 2.05) is 18.2 Å². The zero-order valence-electron chi connectivity index (χ0n) is 27.7. The van der Waals surface area contributed by atoms with Crippen LogP contribution in [0.15, 0.2) is 59.6 Å². The van der Waals surface area contributed by atoms with Gasteiger partial charge in [0, 0.05) is 33.9 Å². The number of nitrogens with zero attached hydrogens (tertiary/aromatic N) is 2. The maximum atomic E-state index is 13.4. The summed E-state index contributed by atoms with van der Waals surface area (Å²) in [5.41, 5.74) is 7.26. The molecule has 2 aromatic rings. The lowest BCUT2D eigenvalue weighted by Gasteiger charge is -2.27. The first kappa shape index (κ1) is 42.5. The largest absolute Gasteiger partial charge is 0.508 e. The fourth-order valence-corrected chi connectivity index (χ4v) is 3.86. The number of carbonyl (C=O) groups is 6. The summed E-state index contributed by atoms with van der Waals surface area (Å²) in [6.45, 7) is 3.53. The van der Waals surface area contributed by atoms with Gasteiger partial charge in [-0.05, 0) is 43.7 Å². The summed E-state index contributed by atoms with van der Waals surface area (Å²) >= 11 is 0. The molecular weight excluding hydrogens is 628 g/mol. The summed E-state index contributed by atoms with van der Waals surface area (Å²) in [7, 11) is 3.08. The molecule has 0 aliphatic carbocycles. The molecule has 0 bridgehead atoms. The number of rotatable bonds is 15. The third kappa shape index (κ3) is 19.8. The second-order valence-corrected chi connectivity index (χ2v) is 10.4. The molecule has 0 saturated heterocycles. The number of hydrogen-bond donors (Lipinski definition) is 8. The molecule has 9 N–H and O–H groups in total. The van der Waals surface area contributed by atoms with E-state index >= 15 is 0 Å². The number of carboxylic acid groups (broad SMARTS) is 3. The predicted octanol–water partition coefficient (Wildman–Crippen LogP) is 0.227. The van der Waals surface area contributed by atoms with Crippen LogP contribution in [-0.4, -0.2) is 112 Å². The van der Waals surface area contributed by atoms with Gasteiger partial charge in [-0.1, -0.05) is 42.5 Å². The number of hydrogen-bond acceptors (Lipinski definition) is 9. The monoisotopic (exact) mass is 674 g/mol. The van der Waals surface area contributed by atoms with E-state index in [0.29, 0.717) is 6.42 Å². The average molecular weight is 675 g/mol. The van der Waals surface area contributed by atoms with Crippen molar-refractivity contribution >= 4 is 41.5 Å². The Morgan fingerprint density at radius 2 is 1.23 bits per heavy atom. The van der Waals surface area contributed by atoms with Crippen molar-refractivity contribution in [2.24, 2.45) is 10.7 Å². The molecule has 3 atom stereocenters. The SMILES string of the molecule is CC(=O)O.CC(=O)O.CN[C@@H](Cc1ccc(O)cc1)C(=O)N[C@H](CN=C(C)N)C(=O)N[C@@H](Cc1ccccc1)C(=O)N(C)CCC(=O)O. The van der Waals surface area contributed by atoms with Crippen molar-refractivity contribution in [2.45, 2.75) is 58.2 Å². The van der Waals surface area contributed by atoms with Gasteiger partial charge in [-0.15, -0.1) is 0 Å². The number of likely N-dealkylation sites (N-methyl/N-ethyl adjacent to an activating group) is 2. The summed E-state index contributed by atoms with van der Waals surface area (Å²) in [5, 5.41) is 41.7. The fraction of sp³-hybridized carbons (Fsp3) is 0.406. The lowest BCUT2D eigenvalue weighted by Crippen LogP contribution is -2.58. The summed E-state index contributed by atoms with van der Waals surface area (Å²) in [6, 6.07) is 12.6. The Labute approximate surface area is 279 Å². The molecule has 264 valence electrons. The minimum absolute atomic E-state index is 0.0345. The van der Waals surface area contributed by atoms with Gasteiger partial charge in [-0.25, -0.2) is 0 Å². The second-order valence-electron chi connectivity index (χ2n) is 10.4. The quantitative estimate of drug-likeness (QED) is 0.0932. The van der Waals surface area contributed by atoms with E-state index < -0.39 is 53.8 Å². The van der Waals surface area contributed by atoms with Crippen LogP contribution in [0.2, 0.25) is 0 Å². The van der Waals surface area contributed by atoms with E-state index in [2.05, 4.69) is 20.9 Å². The predicted molar refractivity (Wildman–Crippen MR) is 177 cm³/mol. The highest BCUT2D eigenvalue weighted by atomic mass is 16.4. The van der Waals surface area contributed by atoms with Crippen molar-refractivity contribution in [3.05, 3.63) is 65.7 Å². The van der Waals surface area contributed by atoms with Gasteiger partial charge in [-0.3, -0.25) is 33.8 Å². The highest BCUT2D eigenvalue weighted by Gasteiger charge is 2.30. The lowest BCUT2D eigenvalue weighted by atomic mass is 10.0. The maximum absolute atomic E-state index is 13.4. The van der Waals surface area contributed by atoms with Crippen LogP contribution < -0.4 is 21.7 Å². The number of phenolic OH excluding ortho intramolecular Hbond substituents is 1. The third-order valence-electron chi connectivity index (χ3n) is 6.13. The van der Waals surface area contributed by atoms with Gasteiger partial charge >= 0.3 is 5.97 Å². The van der Waals surface area contributed by atoms with Gasteiger partial charge < -0.3 is 47.0 Å². The molecule has 0 saturated carbocycles. The third-order valence-corrected chi connectivity index (χ3v) is 6.13. The number of amidine groups is 1. The number of nitrogens with one attached hydrogen (secondary N) is 3. The van der Waals surface area contributed by atoms with Gasteiger partial charge in [0.1, 0.15) is 17.8 Å². The second kappa shape index (κ2) is 22.9. The first-order valence-electron chi connectivity index (χ1n) is 14.7. The molecular formula is C32H46N6O10. The van der Waals surface area contributed by atoms with Crippen LogP contribution in [0.3, 0.4) is 0 Å². The summed E-state index contributed by atoms with van der Waals surface area (Å²) in [5.74, 6) is -3.97. The Kier molecular flexibility index (Phi) is 20.3. The van der Waals surface area contributed by atoms with E-state index in [0.717, 1.165) is 25.0 Å². The van der Waals surface area contributed by atoms with Crippen molar-refractivity contribution in [1.29, 1.82) is 0 Å². The summed E-state index contributed by atoms with van der Waals surface area (Å²) < 4.78 is 0. The topological polar surface area (TPSA) is 261 Å². The highest BCUT2D eigenvalue weighted by Crippen LogP contribution is 2.12. The first-order valence-corrected chi connectivity index (χ1v) is 14.7. The van der Waals surface area contributed by atoms with E-state index in [9.17, 15) is 24.3 Å². The van der Waals surface area contributed by atoms with Crippen molar-refractivity contribution in [3.8, 4) is 5.75 Å². The molecule has 0 spiro atoms. The maximum Gasteiger partial charge on any atom is 0.305 e. The van der Waals surface area contributed by atoms with Gasteiger partial charge in [0.05, 0.1) is 24.8 Å². The van der Waals surface area contributed by atoms with Crippen molar-refractivity contribution < 1.29 is 49.2 Å². The smallest absolute Gasteiger partial charge is 0.305 e. The van der Waals surface area contributed by atoms with Gasteiger partial charge in [0.2, 0.25) is 17.7 Å². The molecule has 0 aliphatic rings. The molecule has 16 heteroatoms. The lowest BCUT2D eigenvalue weighted by molar-refractivity contribution is -0.140. The molecule has 0 aliphatic heterocycles. The van der Waals surface area contributed by atoms with Crippen LogP contribution in [0.1, 0.15) is 38.3 Å². The molecule has 0 fully saturated rings. The number of amides is 3. The standard InChI is InChI=1S/C28H38N6O6.2C2H4O2/c1-18(29)31-17-24(33-26(38)22(30-2)15-20-9-11-21(35)12-10-20)27(39)32-23(16-19-7-5-4-6-8-19)28(40)34(3)14-13-25(36)37;2*1-2(3)4/h4-12,22-24,30,35H,13-17H2,1-3H3,(H2,29,31)(H,32,39)(H,33,38)(H,36,37);2*1H3,(H,3,4)/t22-,23-,24+;;/m0../s1. The summed E-state index contributed by atoms with van der Waals surface area (Å²) in [6.07, 6.45) is 0.201. The average Bonchev–Trinajstić information content (AvgIpc) is 3.00. The summed E-state index contributed by atoms with van der Waals surface area (Å²) in [4.78, 5) is 74.2. The van der Waals surface area contributed by atoms with Crippen molar-refractivity contribution in [3.63, 3.8) is 0 Å².